The number of thiocarbonyl (C=S) groups is 1. The van der Waals surface area contributed by atoms with E-state index in [2.05, 4.69) is 0 Å². The summed E-state index contributed by atoms with van der Waals surface area (Å²) in [5.41, 5.74) is 5.41. The Hall–Kier alpha value is -0.240. The van der Waals surface area contributed by atoms with Gasteiger partial charge in [0, 0.05) is 32.7 Å². The van der Waals surface area contributed by atoms with Crippen LogP contribution in [0, 0.1) is 0 Å². The van der Waals surface area contributed by atoms with Crippen LogP contribution in [0.3, 0.4) is 0 Å². The van der Waals surface area contributed by atoms with E-state index in [1.54, 1.807) is 0 Å². The van der Waals surface area contributed by atoms with Crippen molar-refractivity contribution in [1.29, 1.82) is 0 Å². The first-order chi connectivity index (χ1) is 7.98. The predicted octanol–water partition coefficient (Wildman–Crippen LogP) is 0.493. The van der Waals surface area contributed by atoms with Gasteiger partial charge in [-0.05, 0) is 12.8 Å². The fourth-order valence-corrected chi connectivity index (χ4v) is 3.89. The number of nitrogens with zero attached hydrogens (tertiary/aromatic N) is 1. The summed E-state index contributed by atoms with van der Waals surface area (Å²) in [6, 6.07) is 0. The molecule has 0 aromatic rings. The molecule has 1 aliphatic rings. The standard InChI is InChI=1S/C10H20N2O3S2/c1-2-12(6-3-10(11)16)17(13,14)9-4-7-15-8-5-9/h9H,2-8H2,1H3,(H2,11,16). The van der Waals surface area contributed by atoms with Crippen LogP contribution in [0.5, 0.6) is 0 Å². The molecule has 0 aromatic heterocycles. The zero-order chi connectivity index (χ0) is 12.9. The first-order valence-electron chi connectivity index (χ1n) is 5.83. The maximum Gasteiger partial charge on any atom is 0.217 e. The number of ether oxygens (including phenoxy) is 1. The highest BCUT2D eigenvalue weighted by atomic mass is 32.2. The Labute approximate surface area is 108 Å². The van der Waals surface area contributed by atoms with Crippen molar-refractivity contribution in [2.45, 2.75) is 31.4 Å². The molecule has 0 saturated carbocycles. The molecule has 7 heteroatoms. The van der Waals surface area contributed by atoms with Crippen molar-refractivity contribution < 1.29 is 13.2 Å². The van der Waals surface area contributed by atoms with E-state index in [0.29, 0.717) is 50.6 Å². The lowest BCUT2D eigenvalue weighted by Gasteiger charge is -2.28. The fraction of sp³-hybridized carbons (Fsp3) is 0.900. The van der Waals surface area contributed by atoms with E-state index in [1.807, 2.05) is 6.92 Å². The molecule has 0 amide bonds. The molecule has 1 fully saturated rings. The van der Waals surface area contributed by atoms with E-state index in [-0.39, 0.29) is 5.25 Å². The molecule has 0 atom stereocenters. The summed E-state index contributed by atoms with van der Waals surface area (Å²) < 4.78 is 31.3. The SMILES string of the molecule is CCN(CCC(N)=S)S(=O)(=O)C1CCOCC1. The lowest BCUT2D eigenvalue weighted by Crippen LogP contribution is -2.42. The van der Waals surface area contributed by atoms with Gasteiger partial charge >= 0.3 is 0 Å². The quantitative estimate of drug-likeness (QED) is 0.717. The first kappa shape index (κ1) is 14.8. The second kappa shape index (κ2) is 6.63. The Morgan fingerprint density at radius 2 is 2.06 bits per heavy atom. The monoisotopic (exact) mass is 280 g/mol. The summed E-state index contributed by atoms with van der Waals surface area (Å²) >= 11 is 4.78. The molecule has 1 saturated heterocycles. The Morgan fingerprint density at radius 3 is 2.53 bits per heavy atom. The summed E-state index contributed by atoms with van der Waals surface area (Å²) in [5.74, 6) is 0. The maximum atomic E-state index is 12.3. The van der Waals surface area contributed by atoms with Crippen LogP contribution < -0.4 is 5.73 Å². The zero-order valence-electron chi connectivity index (χ0n) is 10.1. The number of hydrogen-bond acceptors (Lipinski definition) is 4. The van der Waals surface area contributed by atoms with Crippen molar-refractivity contribution in [2.75, 3.05) is 26.3 Å². The van der Waals surface area contributed by atoms with Crippen LogP contribution in [0.15, 0.2) is 0 Å². The fourth-order valence-electron chi connectivity index (χ4n) is 1.88. The molecule has 0 unspecified atom stereocenters. The van der Waals surface area contributed by atoms with E-state index in [4.69, 9.17) is 22.7 Å². The van der Waals surface area contributed by atoms with Crippen LogP contribution in [-0.4, -0.2) is 49.3 Å². The predicted molar refractivity (Wildman–Crippen MR) is 71.4 cm³/mol. The summed E-state index contributed by atoms with van der Waals surface area (Å²) in [6.45, 7) is 3.72. The minimum absolute atomic E-state index is 0.317. The van der Waals surface area contributed by atoms with Crippen molar-refractivity contribution in [2.24, 2.45) is 5.73 Å². The molecule has 2 N–H and O–H groups in total. The number of hydrogen-bond donors (Lipinski definition) is 1. The van der Waals surface area contributed by atoms with E-state index in [1.165, 1.54) is 4.31 Å². The summed E-state index contributed by atoms with van der Waals surface area (Å²) in [4.78, 5) is 0.352. The highest BCUT2D eigenvalue weighted by Gasteiger charge is 2.32. The van der Waals surface area contributed by atoms with Gasteiger partial charge < -0.3 is 10.5 Å². The lowest BCUT2D eigenvalue weighted by molar-refractivity contribution is 0.0972. The Kier molecular flexibility index (Phi) is 5.78. The highest BCUT2D eigenvalue weighted by Crippen LogP contribution is 2.19. The zero-order valence-corrected chi connectivity index (χ0v) is 11.7. The Balaban J connectivity index is 2.67. The minimum Gasteiger partial charge on any atom is -0.393 e. The van der Waals surface area contributed by atoms with Crippen LogP contribution in [-0.2, 0) is 14.8 Å². The third-order valence-corrected chi connectivity index (χ3v) is 5.59. The van der Waals surface area contributed by atoms with E-state index in [9.17, 15) is 8.42 Å². The van der Waals surface area contributed by atoms with Crippen LogP contribution in [0.4, 0.5) is 0 Å². The van der Waals surface area contributed by atoms with Crippen molar-refractivity contribution in [3.05, 3.63) is 0 Å². The first-order valence-corrected chi connectivity index (χ1v) is 7.74. The number of rotatable bonds is 6. The van der Waals surface area contributed by atoms with Gasteiger partial charge in [-0.15, -0.1) is 0 Å². The summed E-state index contributed by atoms with van der Waals surface area (Å²) in [6.07, 6.45) is 1.59. The normalized spacial score (nSPS) is 18.5. The highest BCUT2D eigenvalue weighted by molar-refractivity contribution is 7.89. The van der Waals surface area contributed by atoms with Gasteiger partial charge in [0.1, 0.15) is 0 Å². The number of sulfonamides is 1. The number of nitrogens with two attached hydrogens (primary N) is 1. The maximum absolute atomic E-state index is 12.3. The summed E-state index contributed by atoms with van der Waals surface area (Å²) in [5, 5.41) is -0.317. The largest absolute Gasteiger partial charge is 0.393 e. The average Bonchev–Trinajstić information content (AvgIpc) is 2.30. The van der Waals surface area contributed by atoms with Crippen LogP contribution in [0.1, 0.15) is 26.2 Å². The molecule has 5 nitrogen and oxygen atoms in total. The summed E-state index contributed by atoms with van der Waals surface area (Å²) in [7, 11) is -3.23. The molecule has 17 heavy (non-hydrogen) atoms. The van der Waals surface area contributed by atoms with Gasteiger partial charge in [0.2, 0.25) is 10.0 Å². The van der Waals surface area contributed by atoms with E-state index in [0.717, 1.165) is 0 Å². The second-order valence-corrected chi connectivity index (χ2v) is 6.80. The van der Waals surface area contributed by atoms with Gasteiger partial charge in [-0.25, -0.2) is 12.7 Å². The molecule has 0 bridgehead atoms. The Morgan fingerprint density at radius 1 is 1.47 bits per heavy atom. The van der Waals surface area contributed by atoms with Gasteiger partial charge in [-0.1, -0.05) is 19.1 Å². The molecule has 1 heterocycles. The van der Waals surface area contributed by atoms with Gasteiger partial charge in [0.25, 0.3) is 0 Å². The third kappa shape index (κ3) is 4.17. The smallest absolute Gasteiger partial charge is 0.217 e. The van der Waals surface area contributed by atoms with E-state index < -0.39 is 10.0 Å². The average molecular weight is 280 g/mol. The van der Waals surface area contributed by atoms with Gasteiger partial charge in [0.15, 0.2) is 0 Å². The second-order valence-electron chi connectivity index (χ2n) is 4.06. The molecule has 0 aliphatic carbocycles. The van der Waals surface area contributed by atoms with Crippen molar-refractivity contribution in [1.82, 2.24) is 4.31 Å². The molecule has 1 rings (SSSR count). The molecule has 0 aromatic carbocycles. The molecular weight excluding hydrogens is 260 g/mol. The van der Waals surface area contributed by atoms with Gasteiger partial charge in [-0.3, -0.25) is 0 Å². The van der Waals surface area contributed by atoms with Gasteiger partial charge in [-0.2, -0.15) is 0 Å². The van der Waals surface area contributed by atoms with Crippen LogP contribution in [0.25, 0.3) is 0 Å². The van der Waals surface area contributed by atoms with E-state index >= 15 is 0 Å². The molecule has 1 aliphatic heterocycles. The molecule has 0 radical (unpaired) electrons. The molecule has 100 valence electrons. The molecular formula is C10H20N2O3S2. The van der Waals surface area contributed by atoms with Crippen molar-refractivity contribution >= 4 is 27.2 Å². The lowest BCUT2D eigenvalue weighted by atomic mass is 10.2. The van der Waals surface area contributed by atoms with Crippen LogP contribution >= 0.6 is 12.2 Å². The van der Waals surface area contributed by atoms with Crippen molar-refractivity contribution in [3.63, 3.8) is 0 Å². The minimum atomic E-state index is -3.23. The van der Waals surface area contributed by atoms with Gasteiger partial charge in [0.05, 0.1) is 10.2 Å². The van der Waals surface area contributed by atoms with Crippen LogP contribution in [0.2, 0.25) is 0 Å². The topological polar surface area (TPSA) is 72.6 Å². The third-order valence-electron chi connectivity index (χ3n) is 2.91. The molecule has 0 spiro atoms. The Bertz CT molecular complexity index is 351. The van der Waals surface area contributed by atoms with Crippen molar-refractivity contribution in [3.8, 4) is 0 Å².